The van der Waals surface area contributed by atoms with E-state index in [9.17, 15) is 13.2 Å². The van der Waals surface area contributed by atoms with Crippen LogP contribution < -0.4 is 14.8 Å². The van der Waals surface area contributed by atoms with Gasteiger partial charge in [-0.1, -0.05) is 35.9 Å². The molecule has 1 fully saturated rings. The van der Waals surface area contributed by atoms with Crippen molar-refractivity contribution in [3.63, 3.8) is 0 Å². The molecular formula is C22H22ClN3O5S. The van der Waals surface area contributed by atoms with Crippen LogP contribution in [-0.4, -0.2) is 49.3 Å². The number of anilines is 1. The highest BCUT2D eigenvalue weighted by Crippen LogP contribution is 2.31. The number of hydrogen-bond donors (Lipinski definition) is 1. The van der Waals surface area contributed by atoms with Crippen LogP contribution in [0.15, 0.2) is 54.6 Å². The van der Waals surface area contributed by atoms with E-state index in [2.05, 4.69) is 10.4 Å². The van der Waals surface area contributed by atoms with Gasteiger partial charge in [0.15, 0.2) is 27.9 Å². The Balaban J connectivity index is 1.55. The molecule has 1 aliphatic rings. The molecule has 0 spiro atoms. The highest BCUT2D eigenvalue weighted by molar-refractivity contribution is 7.91. The summed E-state index contributed by atoms with van der Waals surface area (Å²) >= 11 is 5.97. The van der Waals surface area contributed by atoms with Crippen LogP contribution in [0.3, 0.4) is 0 Å². The second kappa shape index (κ2) is 9.22. The van der Waals surface area contributed by atoms with Gasteiger partial charge in [-0.25, -0.2) is 13.1 Å². The SMILES string of the molecule is COc1ccccc1OCC(=O)Nc1cc(-c2ccc(Cl)cc2)nn1C1CCS(=O)(=O)C1. The molecule has 4 rings (SSSR count). The van der Waals surface area contributed by atoms with Crippen molar-refractivity contribution < 1.29 is 22.7 Å². The summed E-state index contributed by atoms with van der Waals surface area (Å²) < 4.78 is 36.4. The van der Waals surface area contributed by atoms with Gasteiger partial charge < -0.3 is 14.8 Å². The van der Waals surface area contributed by atoms with Gasteiger partial charge >= 0.3 is 0 Å². The van der Waals surface area contributed by atoms with Crippen LogP contribution in [0.2, 0.25) is 5.02 Å². The van der Waals surface area contributed by atoms with Gasteiger partial charge in [-0.05, 0) is 30.7 Å². The molecule has 1 unspecified atom stereocenters. The Morgan fingerprint density at radius 3 is 2.56 bits per heavy atom. The molecule has 1 N–H and O–H groups in total. The smallest absolute Gasteiger partial charge is 0.263 e. The molecule has 0 radical (unpaired) electrons. The summed E-state index contributed by atoms with van der Waals surface area (Å²) in [5, 5.41) is 7.98. The van der Waals surface area contributed by atoms with Crippen LogP contribution in [0.1, 0.15) is 12.5 Å². The molecule has 1 atom stereocenters. The molecule has 168 valence electrons. The molecule has 0 aliphatic carbocycles. The molecule has 1 saturated heterocycles. The molecule has 1 amide bonds. The van der Waals surface area contributed by atoms with Crippen LogP contribution in [0, 0.1) is 0 Å². The number of carbonyl (C=O) groups is 1. The fourth-order valence-corrected chi connectivity index (χ4v) is 5.37. The number of nitrogens with zero attached hydrogens (tertiary/aromatic N) is 2. The second-order valence-electron chi connectivity index (χ2n) is 7.41. The Bertz CT molecular complexity index is 1220. The molecule has 2 aromatic carbocycles. The van der Waals surface area contributed by atoms with Crippen molar-refractivity contribution in [3.8, 4) is 22.8 Å². The van der Waals surface area contributed by atoms with E-state index in [4.69, 9.17) is 21.1 Å². The van der Waals surface area contributed by atoms with Gasteiger partial charge in [0.2, 0.25) is 0 Å². The Morgan fingerprint density at radius 1 is 1.19 bits per heavy atom. The first kappa shape index (κ1) is 22.2. The molecule has 2 heterocycles. The zero-order valence-electron chi connectivity index (χ0n) is 17.3. The minimum Gasteiger partial charge on any atom is -0.493 e. The number of hydrogen-bond acceptors (Lipinski definition) is 6. The van der Waals surface area contributed by atoms with E-state index in [1.165, 1.54) is 7.11 Å². The van der Waals surface area contributed by atoms with Crippen LogP contribution in [0.4, 0.5) is 5.82 Å². The average Bonchev–Trinajstić information content (AvgIpc) is 3.35. The number of methoxy groups -OCH3 is 1. The summed E-state index contributed by atoms with van der Waals surface area (Å²) in [5.74, 6) is 1.05. The number of para-hydroxylation sites is 2. The first-order valence-electron chi connectivity index (χ1n) is 9.96. The monoisotopic (exact) mass is 475 g/mol. The van der Waals surface area contributed by atoms with Crippen molar-refractivity contribution >= 4 is 33.2 Å². The number of aromatic nitrogens is 2. The van der Waals surface area contributed by atoms with Gasteiger partial charge in [0.25, 0.3) is 5.91 Å². The fraction of sp³-hybridized carbons (Fsp3) is 0.273. The zero-order chi connectivity index (χ0) is 22.7. The van der Waals surface area contributed by atoms with E-state index in [1.54, 1.807) is 47.1 Å². The van der Waals surface area contributed by atoms with Gasteiger partial charge in [0.1, 0.15) is 5.82 Å². The third-order valence-corrected chi connectivity index (χ3v) is 7.13. The maximum Gasteiger partial charge on any atom is 0.263 e. The van der Waals surface area contributed by atoms with Gasteiger partial charge in [-0.3, -0.25) is 4.79 Å². The predicted molar refractivity (Wildman–Crippen MR) is 122 cm³/mol. The van der Waals surface area contributed by atoms with Crippen molar-refractivity contribution in [3.05, 3.63) is 59.6 Å². The summed E-state index contributed by atoms with van der Waals surface area (Å²) in [6, 6.07) is 15.5. The quantitative estimate of drug-likeness (QED) is 0.560. The lowest BCUT2D eigenvalue weighted by molar-refractivity contribution is -0.118. The predicted octanol–water partition coefficient (Wildman–Crippen LogP) is 3.59. The van der Waals surface area contributed by atoms with Gasteiger partial charge in [-0.15, -0.1) is 0 Å². The number of carbonyl (C=O) groups excluding carboxylic acids is 1. The molecule has 8 nitrogen and oxygen atoms in total. The minimum absolute atomic E-state index is 0.0185. The van der Waals surface area contributed by atoms with E-state index in [1.807, 2.05) is 12.1 Å². The standard InChI is InChI=1S/C22H22ClN3O5S/c1-30-19-4-2-3-5-20(19)31-13-22(27)24-21-12-18(15-6-8-16(23)9-7-15)25-26(21)17-10-11-32(28,29)14-17/h2-9,12,17H,10-11,13-14H2,1H3,(H,24,27). The Morgan fingerprint density at radius 2 is 1.91 bits per heavy atom. The largest absolute Gasteiger partial charge is 0.493 e. The first-order chi connectivity index (χ1) is 15.3. The molecule has 1 aromatic heterocycles. The highest BCUT2D eigenvalue weighted by atomic mass is 35.5. The van der Waals surface area contributed by atoms with E-state index >= 15 is 0 Å². The topological polar surface area (TPSA) is 99.5 Å². The Kier molecular flexibility index (Phi) is 6.38. The lowest BCUT2D eigenvalue weighted by Gasteiger charge is -2.14. The fourth-order valence-electron chi connectivity index (χ4n) is 3.56. The second-order valence-corrected chi connectivity index (χ2v) is 10.1. The average molecular weight is 476 g/mol. The molecule has 0 saturated carbocycles. The zero-order valence-corrected chi connectivity index (χ0v) is 18.9. The van der Waals surface area contributed by atoms with Crippen LogP contribution in [-0.2, 0) is 14.6 Å². The number of ether oxygens (including phenoxy) is 2. The van der Waals surface area contributed by atoms with Crippen molar-refractivity contribution in [2.24, 2.45) is 0 Å². The minimum atomic E-state index is -3.13. The number of amides is 1. The van der Waals surface area contributed by atoms with Crippen LogP contribution in [0.5, 0.6) is 11.5 Å². The maximum absolute atomic E-state index is 12.6. The third kappa shape index (κ3) is 5.05. The first-order valence-corrected chi connectivity index (χ1v) is 12.2. The van der Waals surface area contributed by atoms with Gasteiger partial charge in [0, 0.05) is 16.7 Å². The molecule has 3 aromatic rings. The number of rotatable bonds is 7. The molecule has 1 aliphatic heterocycles. The normalized spacial score (nSPS) is 17.1. The van der Waals surface area contributed by atoms with E-state index in [0.29, 0.717) is 34.5 Å². The molecular weight excluding hydrogens is 454 g/mol. The van der Waals surface area contributed by atoms with Crippen molar-refractivity contribution in [2.45, 2.75) is 12.5 Å². The lowest BCUT2D eigenvalue weighted by Crippen LogP contribution is -2.24. The van der Waals surface area contributed by atoms with E-state index in [0.717, 1.165) is 5.56 Å². The van der Waals surface area contributed by atoms with Crippen LogP contribution in [0.25, 0.3) is 11.3 Å². The summed E-state index contributed by atoms with van der Waals surface area (Å²) in [6.45, 7) is -0.245. The van der Waals surface area contributed by atoms with Gasteiger partial charge in [0.05, 0.1) is 30.4 Å². The summed E-state index contributed by atoms with van der Waals surface area (Å²) in [7, 11) is -1.61. The summed E-state index contributed by atoms with van der Waals surface area (Å²) in [6.07, 6.45) is 0.435. The van der Waals surface area contributed by atoms with E-state index < -0.39 is 15.7 Å². The number of benzene rings is 2. The lowest BCUT2D eigenvalue weighted by atomic mass is 10.1. The number of nitrogens with one attached hydrogen (secondary N) is 1. The number of sulfone groups is 1. The molecule has 0 bridgehead atoms. The molecule has 10 heteroatoms. The Hall–Kier alpha value is -3.04. The molecule has 32 heavy (non-hydrogen) atoms. The van der Waals surface area contributed by atoms with Crippen LogP contribution >= 0.6 is 11.6 Å². The Labute approximate surface area is 191 Å². The number of halogens is 1. The van der Waals surface area contributed by atoms with E-state index in [-0.39, 0.29) is 24.2 Å². The van der Waals surface area contributed by atoms with Crippen molar-refractivity contribution in [1.82, 2.24) is 9.78 Å². The summed E-state index contributed by atoms with van der Waals surface area (Å²) in [5.41, 5.74) is 1.40. The highest BCUT2D eigenvalue weighted by Gasteiger charge is 2.31. The summed E-state index contributed by atoms with van der Waals surface area (Å²) in [4.78, 5) is 12.6. The maximum atomic E-state index is 12.6. The van der Waals surface area contributed by atoms with Crippen molar-refractivity contribution in [2.75, 3.05) is 30.5 Å². The van der Waals surface area contributed by atoms with Gasteiger partial charge in [-0.2, -0.15) is 5.10 Å². The third-order valence-electron chi connectivity index (χ3n) is 5.13. The van der Waals surface area contributed by atoms with Crippen molar-refractivity contribution in [1.29, 1.82) is 0 Å².